The summed E-state index contributed by atoms with van der Waals surface area (Å²) >= 11 is 0. The van der Waals surface area contributed by atoms with Crippen LogP contribution in [0.5, 0.6) is 0 Å². The highest BCUT2D eigenvalue weighted by molar-refractivity contribution is 5.80. The fourth-order valence-corrected chi connectivity index (χ4v) is 1.98. The van der Waals surface area contributed by atoms with Crippen LogP contribution in [-0.2, 0) is 16.0 Å². The minimum atomic E-state index is -0.240. The standard InChI is InChI=1S/C13H18N2O2/c14-11-4-1-3-10(9-11)6-7-15-13(16)12-5-2-8-17-12/h1,3-4,9,12H,2,5-8,14H2,(H,15,16). The lowest BCUT2D eigenvalue weighted by Gasteiger charge is -2.10. The van der Waals surface area contributed by atoms with E-state index in [-0.39, 0.29) is 12.0 Å². The molecule has 1 aromatic rings. The second-order valence-electron chi connectivity index (χ2n) is 4.29. The topological polar surface area (TPSA) is 64.3 Å². The maximum absolute atomic E-state index is 11.6. The average Bonchev–Trinajstić information content (AvgIpc) is 2.82. The van der Waals surface area contributed by atoms with Gasteiger partial charge in [-0.05, 0) is 37.0 Å². The number of rotatable bonds is 4. The molecule has 2 rings (SSSR count). The van der Waals surface area contributed by atoms with Crippen molar-refractivity contribution in [3.05, 3.63) is 29.8 Å². The van der Waals surface area contributed by atoms with Crippen LogP contribution in [0.15, 0.2) is 24.3 Å². The van der Waals surface area contributed by atoms with Gasteiger partial charge in [0.1, 0.15) is 6.10 Å². The molecule has 92 valence electrons. The molecule has 1 unspecified atom stereocenters. The van der Waals surface area contributed by atoms with Crippen LogP contribution in [-0.4, -0.2) is 25.2 Å². The fraction of sp³-hybridized carbons (Fsp3) is 0.462. The van der Waals surface area contributed by atoms with E-state index in [1.54, 1.807) is 0 Å². The van der Waals surface area contributed by atoms with Gasteiger partial charge in [0.15, 0.2) is 0 Å². The first-order chi connectivity index (χ1) is 8.25. The second-order valence-corrected chi connectivity index (χ2v) is 4.29. The van der Waals surface area contributed by atoms with E-state index in [0.29, 0.717) is 13.2 Å². The number of benzene rings is 1. The summed E-state index contributed by atoms with van der Waals surface area (Å²) in [5.41, 5.74) is 7.58. The third-order valence-corrected chi connectivity index (χ3v) is 2.89. The number of hydrogen-bond donors (Lipinski definition) is 2. The van der Waals surface area contributed by atoms with E-state index in [0.717, 1.165) is 30.5 Å². The highest BCUT2D eigenvalue weighted by atomic mass is 16.5. The predicted molar refractivity (Wildman–Crippen MR) is 66.5 cm³/mol. The van der Waals surface area contributed by atoms with E-state index in [1.807, 2.05) is 24.3 Å². The van der Waals surface area contributed by atoms with Gasteiger partial charge in [-0.3, -0.25) is 4.79 Å². The Hall–Kier alpha value is -1.55. The van der Waals surface area contributed by atoms with Gasteiger partial charge in [-0.1, -0.05) is 12.1 Å². The zero-order valence-electron chi connectivity index (χ0n) is 9.82. The number of nitrogens with two attached hydrogens (primary N) is 1. The van der Waals surface area contributed by atoms with Crippen LogP contribution >= 0.6 is 0 Å². The summed E-state index contributed by atoms with van der Waals surface area (Å²) < 4.78 is 5.30. The molecule has 1 fully saturated rings. The van der Waals surface area contributed by atoms with E-state index >= 15 is 0 Å². The van der Waals surface area contributed by atoms with Crippen LogP contribution in [0.25, 0.3) is 0 Å². The fourth-order valence-electron chi connectivity index (χ4n) is 1.98. The average molecular weight is 234 g/mol. The van der Waals surface area contributed by atoms with Crippen molar-refractivity contribution in [1.29, 1.82) is 0 Å². The SMILES string of the molecule is Nc1cccc(CCNC(=O)C2CCCO2)c1. The summed E-state index contributed by atoms with van der Waals surface area (Å²) in [7, 11) is 0. The largest absolute Gasteiger partial charge is 0.399 e. The minimum Gasteiger partial charge on any atom is -0.399 e. The number of carbonyl (C=O) groups excluding carboxylic acids is 1. The number of carbonyl (C=O) groups is 1. The molecule has 0 spiro atoms. The number of amides is 1. The summed E-state index contributed by atoms with van der Waals surface area (Å²) in [6, 6.07) is 7.72. The van der Waals surface area contributed by atoms with Crippen molar-refractivity contribution in [3.63, 3.8) is 0 Å². The Labute approximate surface area is 101 Å². The van der Waals surface area contributed by atoms with E-state index in [4.69, 9.17) is 10.5 Å². The molecule has 1 aromatic carbocycles. The van der Waals surface area contributed by atoms with Crippen LogP contribution in [0, 0.1) is 0 Å². The first-order valence-corrected chi connectivity index (χ1v) is 5.99. The minimum absolute atomic E-state index is 0.00593. The van der Waals surface area contributed by atoms with Gasteiger partial charge in [0.25, 0.3) is 0 Å². The van der Waals surface area contributed by atoms with Crippen molar-refractivity contribution in [2.75, 3.05) is 18.9 Å². The number of ether oxygens (including phenoxy) is 1. The smallest absolute Gasteiger partial charge is 0.249 e. The zero-order valence-corrected chi connectivity index (χ0v) is 9.82. The first-order valence-electron chi connectivity index (χ1n) is 5.99. The van der Waals surface area contributed by atoms with Crippen molar-refractivity contribution in [2.45, 2.75) is 25.4 Å². The Morgan fingerprint density at radius 1 is 1.53 bits per heavy atom. The van der Waals surface area contributed by atoms with Gasteiger partial charge in [-0.2, -0.15) is 0 Å². The van der Waals surface area contributed by atoms with E-state index in [1.165, 1.54) is 0 Å². The first kappa shape index (κ1) is 11.9. The molecule has 0 saturated carbocycles. The molecule has 1 atom stereocenters. The molecule has 4 nitrogen and oxygen atoms in total. The lowest BCUT2D eigenvalue weighted by atomic mass is 10.1. The maximum atomic E-state index is 11.6. The Morgan fingerprint density at radius 3 is 3.12 bits per heavy atom. The molecule has 0 radical (unpaired) electrons. The summed E-state index contributed by atoms with van der Waals surface area (Å²) in [4.78, 5) is 11.6. The van der Waals surface area contributed by atoms with E-state index in [2.05, 4.69) is 5.32 Å². The van der Waals surface area contributed by atoms with Crippen LogP contribution in [0.1, 0.15) is 18.4 Å². The molecule has 1 amide bonds. The third kappa shape index (κ3) is 3.46. The zero-order chi connectivity index (χ0) is 12.1. The molecular formula is C13H18N2O2. The lowest BCUT2D eigenvalue weighted by molar-refractivity contribution is -0.129. The van der Waals surface area contributed by atoms with Crippen molar-refractivity contribution in [2.24, 2.45) is 0 Å². The van der Waals surface area contributed by atoms with Crippen molar-refractivity contribution >= 4 is 11.6 Å². The number of nitrogens with one attached hydrogen (secondary N) is 1. The normalized spacial score (nSPS) is 19.2. The Kier molecular flexibility index (Phi) is 3.98. The number of nitrogen functional groups attached to an aromatic ring is 1. The summed E-state index contributed by atoms with van der Waals surface area (Å²) in [6.45, 7) is 1.33. The van der Waals surface area contributed by atoms with E-state index < -0.39 is 0 Å². The number of anilines is 1. The maximum Gasteiger partial charge on any atom is 0.249 e. The predicted octanol–water partition coefficient (Wildman–Crippen LogP) is 1.11. The van der Waals surface area contributed by atoms with Gasteiger partial charge in [0.2, 0.25) is 5.91 Å². The van der Waals surface area contributed by atoms with Crippen molar-refractivity contribution in [1.82, 2.24) is 5.32 Å². The molecule has 4 heteroatoms. The molecule has 1 heterocycles. The van der Waals surface area contributed by atoms with Gasteiger partial charge in [-0.15, -0.1) is 0 Å². The quantitative estimate of drug-likeness (QED) is 0.767. The molecule has 3 N–H and O–H groups in total. The van der Waals surface area contributed by atoms with Gasteiger partial charge < -0.3 is 15.8 Å². The molecule has 0 aromatic heterocycles. The molecule has 1 saturated heterocycles. The van der Waals surface area contributed by atoms with Crippen LogP contribution < -0.4 is 11.1 Å². The van der Waals surface area contributed by atoms with Gasteiger partial charge in [-0.25, -0.2) is 0 Å². The van der Waals surface area contributed by atoms with E-state index in [9.17, 15) is 4.79 Å². The molecule has 1 aliphatic rings. The Morgan fingerprint density at radius 2 is 2.41 bits per heavy atom. The highest BCUT2D eigenvalue weighted by Gasteiger charge is 2.22. The third-order valence-electron chi connectivity index (χ3n) is 2.89. The molecule has 0 aliphatic carbocycles. The molecule has 17 heavy (non-hydrogen) atoms. The Balaban J connectivity index is 1.73. The summed E-state index contributed by atoms with van der Waals surface area (Å²) in [6.07, 6.45) is 2.37. The molecule has 1 aliphatic heterocycles. The molecular weight excluding hydrogens is 216 g/mol. The number of hydrogen-bond acceptors (Lipinski definition) is 3. The molecule has 0 bridgehead atoms. The summed E-state index contributed by atoms with van der Waals surface area (Å²) in [5.74, 6) is 0.00593. The monoisotopic (exact) mass is 234 g/mol. The highest BCUT2D eigenvalue weighted by Crippen LogP contribution is 2.11. The van der Waals surface area contributed by atoms with Crippen molar-refractivity contribution in [3.8, 4) is 0 Å². The van der Waals surface area contributed by atoms with Gasteiger partial charge >= 0.3 is 0 Å². The second kappa shape index (κ2) is 5.68. The van der Waals surface area contributed by atoms with Crippen LogP contribution in [0.2, 0.25) is 0 Å². The van der Waals surface area contributed by atoms with Crippen LogP contribution in [0.3, 0.4) is 0 Å². The Bertz CT molecular complexity index is 387. The lowest BCUT2D eigenvalue weighted by Crippen LogP contribution is -2.35. The van der Waals surface area contributed by atoms with Gasteiger partial charge in [0, 0.05) is 18.8 Å². The van der Waals surface area contributed by atoms with Crippen molar-refractivity contribution < 1.29 is 9.53 Å². The van der Waals surface area contributed by atoms with Gasteiger partial charge in [0.05, 0.1) is 0 Å². The summed E-state index contributed by atoms with van der Waals surface area (Å²) in [5, 5.41) is 2.89. The van der Waals surface area contributed by atoms with Crippen LogP contribution in [0.4, 0.5) is 5.69 Å².